The molecule has 2 amide bonds. The molecule has 0 spiro atoms. The fourth-order valence-corrected chi connectivity index (χ4v) is 3.13. The van der Waals surface area contributed by atoms with E-state index < -0.39 is 0 Å². The first-order chi connectivity index (χ1) is 10.1. The van der Waals surface area contributed by atoms with Gasteiger partial charge in [0.25, 0.3) is 0 Å². The predicted octanol–water partition coefficient (Wildman–Crippen LogP) is 1.14. The van der Waals surface area contributed by atoms with Crippen molar-refractivity contribution in [3.8, 4) is 0 Å². The van der Waals surface area contributed by atoms with E-state index in [1.54, 1.807) is 17.2 Å². The highest BCUT2D eigenvalue weighted by Crippen LogP contribution is 2.14. The molecule has 1 N–H and O–H groups in total. The van der Waals surface area contributed by atoms with Gasteiger partial charge in [-0.15, -0.1) is 11.8 Å². The van der Waals surface area contributed by atoms with Crippen LogP contribution in [0.4, 0.5) is 0 Å². The first-order valence-corrected chi connectivity index (χ1v) is 7.90. The summed E-state index contributed by atoms with van der Waals surface area (Å²) < 4.78 is 1.81. The third-order valence-corrected chi connectivity index (χ3v) is 4.26. The monoisotopic (exact) mass is 324 g/mol. The Labute approximate surface area is 130 Å². The molecule has 1 aliphatic heterocycles. The Morgan fingerprint density at radius 2 is 2.29 bits per heavy atom. The lowest BCUT2D eigenvalue weighted by Crippen LogP contribution is -2.37. The van der Waals surface area contributed by atoms with Gasteiger partial charge >= 0.3 is 0 Å². The molecule has 1 fully saturated rings. The van der Waals surface area contributed by atoms with Crippen LogP contribution in [0.15, 0.2) is 24.5 Å². The third kappa shape index (κ3) is 3.30. The number of aromatic nitrogens is 2. The highest BCUT2D eigenvalue weighted by molar-refractivity contribution is 8.00. The molecule has 8 heteroatoms. The number of carbonyl (C=O) groups excluding carboxylic acids is 2. The van der Waals surface area contributed by atoms with E-state index in [4.69, 9.17) is 11.6 Å². The van der Waals surface area contributed by atoms with Crippen LogP contribution in [0.3, 0.4) is 0 Å². The van der Waals surface area contributed by atoms with Crippen LogP contribution in [0.2, 0.25) is 5.02 Å². The minimum atomic E-state index is -0.180. The number of rotatable bonds is 4. The van der Waals surface area contributed by atoms with Crippen molar-refractivity contribution in [2.75, 3.05) is 18.2 Å². The van der Waals surface area contributed by atoms with Crippen LogP contribution in [0.25, 0.3) is 5.65 Å². The Bertz CT molecular complexity index is 703. The van der Waals surface area contributed by atoms with E-state index in [0.717, 1.165) is 11.3 Å². The van der Waals surface area contributed by atoms with Crippen LogP contribution >= 0.6 is 23.4 Å². The lowest BCUT2D eigenvalue weighted by atomic mass is 10.4. The number of amides is 2. The van der Waals surface area contributed by atoms with Gasteiger partial charge in [-0.3, -0.25) is 9.59 Å². The fourth-order valence-electron chi connectivity index (χ4n) is 2.06. The van der Waals surface area contributed by atoms with Crippen molar-refractivity contribution in [3.63, 3.8) is 0 Å². The van der Waals surface area contributed by atoms with Gasteiger partial charge in [0, 0.05) is 12.4 Å². The number of imidazole rings is 1. The van der Waals surface area contributed by atoms with Gasteiger partial charge in [-0.1, -0.05) is 11.6 Å². The number of carbonyl (C=O) groups is 2. The molecule has 6 nitrogen and oxygen atoms in total. The summed E-state index contributed by atoms with van der Waals surface area (Å²) in [5.74, 6) is 0.873. The second kappa shape index (κ2) is 5.95. The molecular formula is C13H13ClN4O2S. The average molecular weight is 325 g/mol. The van der Waals surface area contributed by atoms with E-state index in [1.165, 1.54) is 11.8 Å². The first-order valence-electron chi connectivity index (χ1n) is 6.37. The molecular weight excluding hydrogens is 312 g/mol. The summed E-state index contributed by atoms with van der Waals surface area (Å²) in [5, 5.41) is 3.40. The molecule has 3 rings (SSSR count). The molecule has 3 heterocycles. The SMILES string of the molecule is O=C(CN1CSCC1=O)NCc1cn2cc(Cl)ccc2n1. The molecule has 1 saturated heterocycles. The molecule has 0 unspecified atom stereocenters. The van der Waals surface area contributed by atoms with E-state index in [1.807, 2.05) is 16.7 Å². The highest BCUT2D eigenvalue weighted by atomic mass is 35.5. The lowest BCUT2D eigenvalue weighted by Gasteiger charge is -2.13. The van der Waals surface area contributed by atoms with E-state index in [0.29, 0.717) is 23.2 Å². The fraction of sp³-hybridized carbons (Fsp3) is 0.308. The molecule has 2 aromatic rings. The van der Waals surface area contributed by atoms with Crippen molar-refractivity contribution >= 4 is 40.8 Å². The van der Waals surface area contributed by atoms with Crippen LogP contribution in [0, 0.1) is 0 Å². The maximum Gasteiger partial charge on any atom is 0.239 e. The van der Waals surface area contributed by atoms with Gasteiger partial charge in [-0.05, 0) is 12.1 Å². The summed E-state index contributed by atoms with van der Waals surface area (Å²) in [6, 6.07) is 3.58. The van der Waals surface area contributed by atoms with E-state index in [9.17, 15) is 9.59 Å². The number of nitrogens with zero attached hydrogens (tertiary/aromatic N) is 3. The smallest absolute Gasteiger partial charge is 0.239 e. The maximum absolute atomic E-state index is 11.8. The summed E-state index contributed by atoms with van der Waals surface area (Å²) in [7, 11) is 0. The molecule has 0 aliphatic carbocycles. The summed E-state index contributed by atoms with van der Waals surface area (Å²) in [5.41, 5.74) is 1.52. The molecule has 0 aromatic carbocycles. The summed E-state index contributed by atoms with van der Waals surface area (Å²) >= 11 is 7.43. The zero-order valence-corrected chi connectivity index (χ0v) is 12.7. The van der Waals surface area contributed by atoms with Gasteiger partial charge < -0.3 is 14.6 Å². The largest absolute Gasteiger partial charge is 0.349 e. The van der Waals surface area contributed by atoms with Gasteiger partial charge in [0.1, 0.15) is 12.2 Å². The predicted molar refractivity (Wildman–Crippen MR) is 81.1 cm³/mol. The number of fused-ring (bicyclic) bond motifs is 1. The molecule has 1 aliphatic rings. The van der Waals surface area contributed by atoms with Crippen molar-refractivity contribution in [2.45, 2.75) is 6.54 Å². The molecule has 0 radical (unpaired) electrons. The lowest BCUT2D eigenvalue weighted by molar-refractivity contribution is -0.132. The Balaban J connectivity index is 1.58. The molecule has 21 heavy (non-hydrogen) atoms. The number of pyridine rings is 1. The van der Waals surface area contributed by atoms with Gasteiger partial charge in [0.2, 0.25) is 11.8 Å². The summed E-state index contributed by atoms with van der Waals surface area (Å²) in [6.45, 7) is 0.429. The van der Waals surface area contributed by atoms with Crippen LogP contribution in [-0.2, 0) is 16.1 Å². The quantitative estimate of drug-likeness (QED) is 0.916. The number of hydrogen-bond donors (Lipinski definition) is 1. The van der Waals surface area contributed by atoms with Crippen LogP contribution in [0.5, 0.6) is 0 Å². The zero-order valence-electron chi connectivity index (χ0n) is 11.1. The van der Waals surface area contributed by atoms with E-state index in [2.05, 4.69) is 10.3 Å². The zero-order chi connectivity index (χ0) is 14.8. The number of nitrogens with one attached hydrogen (secondary N) is 1. The number of halogens is 1. The average Bonchev–Trinajstić information content (AvgIpc) is 3.02. The van der Waals surface area contributed by atoms with Gasteiger partial charge in [-0.25, -0.2) is 4.98 Å². The van der Waals surface area contributed by atoms with Crippen molar-refractivity contribution in [1.82, 2.24) is 19.6 Å². The Morgan fingerprint density at radius 1 is 1.43 bits per heavy atom. The van der Waals surface area contributed by atoms with E-state index in [-0.39, 0.29) is 18.4 Å². The first kappa shape index (κ1) is 14.2. The number of hydrogen-bond acceptors (Lipinski definition) is 4. The molecule has 0 saturated carbocycles. The van der Waals surface area contributed by atoms with Gasteiger partial charge in [-0.2, -0.15) is 0 Å². The topological polar surface area (TPSA) is 66.7 Å². The highest BCUT2D eigenvalue weighted by Gasteiger charge is 2.22. The van der Waals surface area contributed by atoms with Gasteiger partial charge in [0.05, 0.1) is 28.9 Å². The van der Waals surface area contributed by atoms with Crippen molar-refractivity contribution in [2.24, 2.45) is 0 Å². The Kier molecular flexibility index (Phi) is 4.03. The minimum absolute atomic E-state index is 0.0116. The second-order valence-corrected chi connectivity index (χ2v) is 6.08. The van der Waals surface area contributed by atoms with Crippen molar-refractivity contribution in [1.29, 1.82) is 0 Å². The van der Waals surface area contributed by atoms with Crippen molar-refractivity contribution in [3.05, 3.63) is 35.2 Å². The van der Waals surface area contributed by atoms with Crippen LogP contribution < -0.4 is 5.32 Å². The number of thioether (sulfide) groups is 1. The molecule has 0 atom stereocenters. The minimum Gasteiger partial charge on any atom is -0.349 e. The van der Waals surface area contributed by atoms with Crippen molar-refractivity contribution < 1.29 is 9.59 Å². The Morgan fingerprint density at radius 3 is 3.05 bits per heavy atom. The molecule has 2 aromatic heterocycles. The van der Waals surface area contributed by atoms with Gasteiger partial charge in [0.15, 0.2) is 0 Å². The normalized spacial score (nSPS) is 14.9. The third-order valence-electron chi connectivity index (χ3n) is 3.09. The maximum atomic E-state index is 11.8. The summed E-state index contributed by atoms with van der Waals surface area (Å²) in [4.78, 5) is 29.2. The second-order valence-electron chi connectivity index (χ2n) is 4.69. The summed E-state index contributed by atoms with van der Waals surface area (Å²) in [6.07, 6.45) is 3.58. The van der Waals surface area contributed by atoms with Crippen LogP contribution in [-0.4, -0.2) is 44.3 Å². The van der Waals surface area contributed by atoms with E-state index >= 15 is 0 Å². The standard InChI is InChI=1S/C13H13ClN4O2S/c14-9-1-2-11-16-10(5-17(11)4-9)3-15-12(19)6-18-8-21-7-13(18)20/h1-2,4-5H,3,6-8H2,(H,15,19). The Hall–Kier alpha value is -1.73. The molecule has 110 valence electrons. The molecule has 0 bridgehead atoms. The van der Waals surface area contributed by atoms with Crippen LogP contribution in [0.1, 0.15) is 5.69 Å².